The van der Waals surface area contributed by atoms with Crippen LogP contribution in [0.5, 0.6) is 0 Å². The Hall–Kier alpha value is -2.21. The van der Waals surface area contributed by atoms with E-state index in [2.05, 4.69) is 6.58 Å². The van der Waals surface area contributed by atoms with Crippen LogP contribution in [0, 0.1) is 11.8 Å². The van der Waals surface area contributed by atoms with Crippen molar-refractivity contribution < 1.29 is 29.0 Å². The van der Waals surface area contributed by atoms with Crippen molar-refractivity contribution >= 4 is 18.2 Å². The number of aldehydes is 1. The summed E-state index contributed by atoms with van der Waals surface area (Å²) in [6.07, 6.45) is 4.40. The van der Waals surface area contributed by atoms with Gasteiger partial charge in [-0.25, -0.2) is 4.79 Å². The smallest absolute Gasteiger partial charge is 0.334 e. The van der Waals surface area contributed by atoms with E-state index in [0.29, 0.717) is 24.0 Å². The number of aliphatic hydroxyl groups excluding tert-OH is 1. The van der Waals surface area contributed by atoms with E-state index in [9.17, 15) is 19.5 Å². The van der Waals surface area contributed by atoms with E-state index in [-0.39, 0.29) is 36.9 Å². The normalized spacial score (nSPS) is 28.5. The number of esters is 2. The van der Waals surface area contributed by atoms with E-state index < -0.39 is 24.1 Å². The van der Waals surface area contributed by atoms with Crippen LogP contribution < -0.4 is 0 Å². The van der Waals surface area contributed by atoms with Gasteiger partial charge in [-0.2, -0.15) is 0 Å². The van der Waals surface area contributed by atoms with Crippen LogP contribution in [-0.4, -0.2) is 42.1 Å². The molecule has 1 aliphatic carbocycles. The second-order valence-corrected chi connectivity index (χ2v) is 7.17. The number of aliphatic hydroxyl groups is 1. The van der Waals surface area contributed by atoms with Crippen LogP contribution in [0.3, 0.4) is 0 Å². The molecule has 0 aromatic carbocycles. The molecule has 1 N–H and O–H groups in total. The zero-order chi connectivity index (χ0) is 19.3. The van der Waals surface area contributed by atoms with Crippen molar-refractivity contribution in [2.75, 3.05) is 6.61 Å². The lowest BCUT2D eigenvalue weighted by Gasteiger charge is -2.27. The summed E-state index contributed by atoms with van der Waals surface area (Å²) >= 11 is 0. The molecule has 0 aromatic heterocycles. The Morgan fingerprint density at radius 1 is 1.50 bits per heavy atom. The summed E-state index contributed by atoms with van der Waals surface area (Å²) in [6, 6.07) is 0. The predicted octanol–water partition coefficient (Wildman–Crippen LogP) is 2.27. The predicted molar refractivity (Wildman–Crippen MR) is 95.0 cm³/mol. The highest BCUT2D eigenvalue weighted by Gasteiger charge is 2.44. The molecule has 0 radical (unpaired) electrons. The molecule has 0 spiro atoms. The second-order valence-electron chi connectivity index (χ2n) is 7.17. The van der Waals surface area contributed by atoms with Gasteiger partial charge in [0.15, 0.2) is 0 Å². The molecule has 1 heterocycles. The number of rotatable bonds is 5. The minimum atomic E-state index is -0.726. The van der Waals surface area contributed by atoms with E-state index in [1.165, 1.54) is 0 Å². The van der Waals surface area contributed by atoms with E-state index in [1.54, 1.807) is 12.2 Å². The first-order valence-corrected chi connectivity index (χ1v) is 8.89. The topological polar surface area (TPSA) is 89.9 Å². The molecule has 6 heteroatoms. The van der Waals surface area contributed by atoms with E-state index >= 15 is 0 Å². The summed E-state index contributed by atoms with van der Waals surface area (Å²) in [5, 5.41) is 9.55. The molecule has 1 aliphatic heterocycles. The fourth-order valence-corrected chi connectivity index (χ4v) is 3.28. The summed E-state index contributed by atoms with van der Waals surface area (Å²) in [7, 11) is 0. The second kappa shape index (κ2) is 8.94. The molecule has 0 bridgehead atoms. The summed E-state index contributed by atoms with van der Waals surface area (Å²) < 4.78 is 11.0. The van der Waals surface area contributed by atoms with E-state index in [0.717, 1.165) is 6.29 Å². The van der Waals surface area contributed by atoms with Crippen LogP contribution in [-0.2, 0) is 23.9 Å². The molecule has 2 aliphatic rings. The maximum atomic E-state index is 12.2. The highest BCUT2D eigenvalue weighted by Crippen LogP contribution is 2.36. The van der Waals surface area contributed by atoms with Crippen LogP contribution in [0.1, 0.15) is 39.5 Å². The van der Waals surface area contributed by atoms with Crippen LogP contribution >= 0.6 is 0 Å². The molecule has 0 saturated carbocycles. The van der Waals surface area contributed by atoms with Gasteiger partial charge in [0.25, 0.3) is 0 Å². The minimum absolute atomic E-state index is 0.129. The Labute approximate surface area is 153 Å². The summed E-state index contributed by atoms with van der Waals surface area (Å²) in [4.78, 5) is 35.7. The number of hydrogen-bond acceptors (Lipinski definition) is 6. The van der Waals surface area contributed by atoms with Gasteiger partial charge in [0.05, 0.1) is 12.5 Å². The summed E-state index contributed by atoms with van der Waals surface area (Å²) in [6.45, 7) is 7.45. The average molecular weight is 362 g/mol. The Morgan fingerprint density at radius 3 is 2.85 bits per heavy atom. The SMILES string of the molecule is C=C1C(=O)O[C@@H]2/C=C(\CO)CCC=C(C=O)C[C@@H](OC(=O)CC(C)C)[C@H]12. The van der Waals surface area contributed by atoms with Gasteiger partial charge in [-0.15, -0.1) is 0 Å². The van der Waals surface area contributed by atoms with Crippen LogP contribution in [0.25, 0.3) is 0 Å². The van der Waals surface area contributed by atoms with E-state index in [1.807, 2.05) is 13.8 Å². The molecule has 0 unspecified atom stereocenters. The largest absolute Gasteiger partial charge is 0.461 e. The lowest BCUT2D eigenvalue weighted by molar-refractivity contribution is -0.153. The van der Waals surface area contributed by atoms with Crippen molar-refractivity contribution in [1.29, 1.82) is 0 Å². The first kappa shape index (κ1) is 20.1. The van der Waals surface area contributed by atoms with Gasteiger partial charge < -0.3 is 14.6 Å². The molecule has 1 saturated heterocycles. The molecular weight excluding hydrogens is 336 g/mol. The number of ether oxygens (including phenoxy) is 2. The molecule has 6 nitrogen and oxygen atoms in total. The highest BCUT2D eigenvalue weighted by atomic mass is 16.6. The number of allylic oxidation sites excluding steroid dienone is 1. The van der Waals surface area contributed by atoms with Crippen molar-refractivity contribution in [1.82, 2.24) is 0 Å². The number of carbonyl (C=O) groups excluding carboxylic acids is 3. The Bertz CT molecular complexity index is 643. The number of hydrogen-bond donors (Lipinski definition) is 1. The number of fused-ring (bicyclic) bond motifs is 1. The zero-order valence-corrected chi connectivity index (χ0v) is 15.3. The summed E-state index contributed by atoms with van der Waals surface area (Å²) in [5.41, 5.74) is 1.42. The average Bonchev–Trinajstić information content (AvgIpc) is 2.85. The first-order chi connectivity index (χ1) is 12.3. The van der Waals surface area contributed by atoms with Gasteiger partial charge in [0.1, 0.15) is 18.5 Å². The minimum Gasteiger partial charge on any atom is -0.461 e. The van der Waals surface area contributed by atoms with Gasteiger partial charge in [-0.05, 0) is 36.0 Å². The lowest BCUT2D eigenvalue weighted by atomic mass is 9.85. The molecule has 0 aromatic rings. The standard InChI is InChI=1S/C20H26O6/c1-12(2)7-18(23)25-16-8-14(10-21)5-4-6-15(11-22)9-17-19(16)13(3)20(24)26-17/h5,9-10,12,16-17,19,22H,3-4,6-8,11H2,1-2H3/b14-5?,15-9-/t16-,17-,19+/m1/s1. The third-order valence-corrected chi connectivity index (χ3v) is 4.58. The zero-order valence-electron chi connectivity index (χ0n) is 15.3. The third kappa shape index (κ3) is 4.91. The molecule has 142 valence electrons. The maximum Gasteiger partial charge on any atom is 0.334 e. The van der Waals surface area contributed by atoms with Gasteiger partial charge in [-0.1, -0.05) is 26.5 Å². The Kier molecular flexibility index (Phi) is 6.91. The third-order valence-electron chi connectivity index (χ3n) is 4.58. The summed E-state index contributed by atoms with van der Waals surface area (Å²) in [5.74, 6) is -1.38. The molecule has 3 atom stereocenters. The lowest BCUT2D eigenvalue weighted by Crippen LogP contribution is -2.34. The van der Waals surface area contributed by atoms with E-state index in [4.69, 9.17) is 9.47 Å². The maximum absolute atomic E-state index is 12.2. The van der Waals surface area contributed by atoms with Crippen molar-refractivity contribution in [3.63, 3.8) is 0 Å². The van der Waals surface area contributed by atoms with Gasteiger partial charge >= 0.3 is 11.9 Å². The molecule has 0 amide bonds. The molecular formula is C20H26O6. The monoisotopic (exact) mass is 362 g/mol. The van der Waals surface area contributed by atoms with Crippen molar-refractivity contribution in [3.05, 3.63) is 35.5 Å². The van der Waals surface area contributed by atoms with Crippen molar-refractivity contribution in [3.8, 4) is 0 Å². The molecule has 1 fully saturated rings. The van der Waals surface area contributed by atoms with Crippen LogP contribution in [0.15, 0.2) is 35.5 Å². The fraction of sp³-hybridized carbons (Fsp3) is 0.550. The van der Waals surface area contributed by atoms with Crippen LogP contribution in [0.4, 0.5) is 0 Å². The first-order valence-electron chi connectivity index (χ1n) is 8.89. The van der Waals surface area contributed by atoms with Gasteiger partial charge in [0.2, 0.25) is 0 Å². The molecule has 26 heavy (non-hydrogen) atoms. The van der Waals surface area contributed by atoms with Crippen molar-refractivity contribution in [2.45, 2.75) is 51.7 Å². The van der Waals surface area contributed by atoms with Gasteiger partial charge in [0, 0.05) is 18.4 Å². The number of carbonyl (C=O) groups is 3. The van der Waals surface area contributed by atoms with Gasteiger partial charge in [-0.3, -0.25) is 9.59 Å². The molecule has 2 rings (SSSR count). The van der Waals surface area contributed by atoms with Crippen LogP contribution in [0.2, 0.25) is 0 Å². The quantitative estimate of drug-likeness (QED) is 0.349. The van der Waals surface area contributed by atoms with Crippen molar-refractivity contribution in [2.24, 2.45) is 11.8 Å². The Morgan fingerprint density at radius 2 is 2.23 bits per heavy atom. The Balaban J connectivity index is 2.38. The fourth-order valence-electron chi connectivity index (χ4n) is 3.28. The highest BCUT2D eigenvalue weighted by molar-refractivity contribution is 5.91.